The fourth-order valence-electron chi connectivity index (χ4n) is 4.35. The Morgan fingerprint density at radius 3 is 1.93 bits per heavy atom. The minimum atomic E-state index is -0.0540. The number of carbonyl (C=O) groups excluding carboxylic acids is 1. The first-order chi connectivity index (χ1) is 14.1. The lowest BCUT2D eigenvalue weighted by Gasteiger charge is -2.35. The fraction of sp³-hybridized carbons (Fsp3) is 0.500. The Bertz CT molecular complexity index is 681. The van der Waals surface area contributed by atoms with E-state index in [1.807, 2.05) is 0 Å². The summed E-state index contributed by atoms with van der Waals surface area (Å²) in [6.07, 6.45) is 5.45. The van der Waals surface area contributed by atoms with Crippen molar-refractivity contribution in [2.24, 2.45) is 11.8 Å². The van der Waals surface area contributed by atoms with Gasteiger partial charge in [-0.15, -0.1) is 0 Å². The van der Waals surface area contributed by atoms with E-state index in [9.17, 15) is 4.79 Å². The first-order valence-electron chi connectivity index (χ1n) is 11.1. The number of esters is 1. The van der Waals surface area contributed by atoms with Gasteiger partial charge in [-0.2, -0.15) is 0 Å². The predicted molar refractivity (Wildman–Crippen MR) is 118 cm³/mol. The summed E-state index contributed by atoms with van der Waals surface area (Å²) in [6, 6.07) is 21.4. The van der Waals surface area contributed by atoms with Crippen LogP contribution in [-0.4, -0.2) is 23.5 Å². The van der Waals surface area contributed by atoms with Gasteiger partial charge in [0.1, 0.15) is 0 Å². The van der Waals surface area contributed by atoms with Crippen molar-refractivity contribution in [1.29, 1.82) is 0 Å². The van der Waals surface area contributed by atoms with Crippen molar-refractivity contribution in [3.8, 4) is 0 Å². The Morgan fingerprint density at radius 1 is 0.931 bits per heavy atom. The molecule has 1 fully saturated rings. The third-order valence-electron chi connectivity index (χ3n) is 5.82. The molecule has 3 nitrogen and oxygen atoms in total. The van der Waals surface area contributed by atoms with E-state index in [0.717, 1.165) is 13.1 Å². The predicted octanol–water partition coefficient (Wildman–Crippen LogP) is 5.84. The standard InChI is InChI=1S/C26H35NO2/c1-21(2)20-29-26(28)17-25(24-15-9-10-16-24)27(18-22-11-5-3-6-12-22)19-23-13-7-4-8-14-23/h3-8,11-14,21,24-25H,9-10,15-20H2,1-2H3/t25-/m1/s1. The molecule has 1 saturated carbocycles. The highest BCUT2D eigenvalue weighted by Gasteiger charge is 2.32. The number of benzene rings is 2. The summed E-state index contributed by atoms with van der Waals surface area (Å²) in [6.45, 7) is 6.38. The molecule has 0 N–H and O–H groups in total. The summed E-state index contributed by atoms with van der Waals surface area (Å²) < 4.78 is 5.58. The summed E-state index contributed by atoms with van der Waals surface area (Å²) in [7, 11) is 0. The second kappa shape index (κ2) is 11.2. The molecule has 2 aromatic carbocycles. The van der Waals surface area contributed by atoms with Gasteiger partial charge in [0, 0.05) is 19.1 Å². The molecule has 0 amide bonds. The van der Waals surface area contributed by atoms with Gasteiger partial charge in [-0.3, -0.25) is 9.69 Å². The molecular weight excluding hydrogens is 358 g/mol. The van der Waals surface area contributed by atoms with E-state index >= 15 is 0 Å². The Labute approximate surface area is 176 Å². The quantitative estimate of drug-likeness (QED) is 0.475. The lowest BCUT2D eigenvalue weighted by Crippen LogP contribution is -2.41. The van der Waals surface area contributed by atoms with Gasteiger partial charge < -0.3 is 4.74 Å². The van der Waals surface area contributed by atoms with Crippen LogP contribution in [0.1, 0.15) is 57.1 Å². The van der Waals surface area contributed by atoms with Gasteiger partial charge >= 0.3 is 5.97 Å². The lowest BCUT2D eigenvalue weighted by atomic mass is 9.92. The Hall–Kier alpha value is -2.13. The molecule has 0 spiro atoms. The van der Waals surface area contributed by atoms with Gasteiger partial charge in [-0.1, -0.05) is 87.4 Å². The summed E-state index contributed by atoms with van der Waals surface area (Å²) in [5.41, 5.74) is 2.59. The highest BCUT2D eigenvalue weighted by Crippen LogP contribution is 2.33. The Balaban J connectivity index is 1.80. The SMILES string of the molecule is CC(C)COC(=O)C[C@H](C1CCCC1)N(Cc1ccccc1)Cc1ccccc1. The lowest BCUT2D eigenvalue weighted by molar-refractivity contribution is -0.147. The smallest absolute Gasteiger partial charge is 0.307 e. The van der Waals surface area contributed by atoms with Crippen molar-refractivity contribution < 1.29 is 9.53 Å². The largest absolute Gasteiger partial charge is 0.465 e. The molecule has 156 valence electrons. The van der Waals surface area contributed by atoms with Crippen LogP contribution in [0.15, 0.2) is 60.7 Å². The van der Waals surface area contributed by atoms with Gasteiger partial charge in [-0.05, 0) is 35.8 Å². The Kier molecular flexibility index (Phi) is 8.30. The zero-order valence-electron chi connectivity index (χ0n) is 17.9. The van der Waals surface area contributed by atoms with Gasteiger partial charge in [-0.25, -0.2) is 0 Å². The average Bonchev–Trinajstić information content (AvgIpc) is 3.26. The summed E-state index contributed by atoms with van der Waals surface area (Å²) >= 11 is 0. The van der Waals surface area contributed by atoms with Gasteiger partial charge in [0.25, 0.3) is 0 Å². The molecule has 3 heteroatoms. The molecule has 1 aliphatic carbocycles. The molecule has 0 radical (unpaired) electrons. The third kappa shape index (κ3) is 7.01. The maximum atomic E-state index is 12.7. The van der Waals surface area contributed by atoms with E-state index in [1.54, 1.807) is 0 Å². The average molecular weight is 394 g/mol. The minimum Gasteiger partial charge on any atom is -0.465 e. The molecule has 0 heterocycles. The summed E-state index contributed by atoms with van der Waals surface area (Å²) in [5, 5.41) is 0. The molecule has 0 bridgehead atoms. The normalized spacial score (nSPS) is 15.7. The molecule has 3 rings (SSSR count). The van der Waals surface area contributed by atoms with Gasteiger partial charge in [0.15, 0.2) is 0 Å². The number of rotatable bonds is 10. The van der Waals surface area contributed by atoms with Crippen molar-refractivity contribution in [2.45, 2.75) is 65.1 Å². The highest BCUT2D eigenvalue weighted by molar-refractivity contribution is 5.70. The van der Waals surface area contributed by atoms with Crippen LogP contribution in [0.4, 0.5) is 0 Å². The van der Waals surface area contributed by atoms with Crippen LogP contribution in [0.3, 0.4) is 0 Å². The molecule has 2 aromatic rings. The van der Waals surface area contributed by atoms with Crippen LogP contribution in [0.25, 0.3) is 0 Å². The van der Waals surface area contributed by atoms with E-state index in [0.29, 0.717) is 24.9 Å². The van der Waals surface area contributed by atoms with Crippen LogP contribution < -0.4 is 0 Å². The van der Waals surface area contributed by atoms with Crippen LogP contribution in [0.2, 0.25) is 0 Å². The van der Waals surface area contributed by atoms with E-state index in [4.69, 9.17) is 4.74 Å². The molecule has 0 saturated heterocycles. The van der Waals surface area contributed by atoms with Crippen molar-refractivity contribution in [3.63, 3.8) is 0 Å². The fourth-order valence-corrected chi connectivity index (χ4v) is 4.35. The molecule has 1 aliphatic rings. The van der Waals surface area contributed by atoms with Crippen molar-refractivity contribution in [2.75, 3.05) is 6.61 Å². The zero-order valence-corrected chi connectivity index (χ0v) is 17.9. The van der Waals surface area contributed by atoms with E-state index in [2.05, 4.69) is 79.4 Å². The topological polar surface area (TPSA) is 29.5 Å². The van der Waals surface area contributed by atoms with E-state index in [-0.39, 0.29) is 12.0 Å². The Morgan fingerprint density at radius 2 is 1.45 bits per heavy atom. The van der Waals surface area contributed by atoms with Crippen LogP contribution in [0.5, 0.6) is 0 Å². The maximum Gasteiger partial charge on any atom is 0.307 e. The number of nitrogens with zero attached hydrogens (tertiary/aromatic N) is 1. The molecule has 1 atom stereocenters. The monoisotopic (exact) mass is 393 g/mol. The zero-order chi connectivity index (χ0) is 20.5. The molecule has 0 unspecified atom stereocenters. The number of hydrogen-bond donors (Lipinski definition) is 0. The van der Waals surface area contributed by atoms with E-state index < -0.39 is 0 Å². The van der Waals surface area contributed by atoms with Gasteiger partial charge in [0.05, 0.1) is 13.0 Å². The van der Waals surface area contributed by atoms with Crippen molar-refractivity contribution in [1.82, 2.24) is 4.90 Å². The van der Waals surface area contributed by atoms with Gasteiger partial charge in [0.2, 0.25) is 0 Å². The van der Waals surface area contributed by atoms with Crippen molar-refractivity contribution in [3.05, 3.63) is 71.8 Å². The van der Waals surface area contributed by atoms with Crippen LogP contribution >= 0.6 is 0 Å². The highest BCUT2D eigenvalue weighted by atomic mass is 16.5. The number of hydrogen-bond acceptors (Lipinski definition) is 3. The second-order valence-corrected chi connectivity index (χ2v) is 8.77. The third-order valence-corrected chi connectivity index (χ3v) is 5.82. The first-order valence-corrected chi connectivity index (χ1v) is 11.1. The van der Waals surface area contributed by atoms with Crippen molar-refractivity contribution >= 4 is 5.97 Å². The molecule has 0 aromatic heterocycles. The summed E-state index contributed by atoms with van der Waals surface area (Å²) in [5.74, 6) is 0.879. The number of carbonyl (C=O) groups is 1. The van der Waals surface area contributed by atoms with E-state index in [1.165, 1.54) is 36.8 Å². The van der Waals surface area contributed by atoms with Crippen LogP contribution in [0, 0.1) is 11.8 Å². The minimum absolute atomic E-state index is 0.0540. The first kappa shape index (κ1) is 21.6. The summed E-state index contributed by atoms with van der Waals surface area (Å²) in [4.78, 5) is 15.2. The molecule has 0 aliphatic heterocycles. The molecular formula is C26H35NO2. The van der Waals surface area contributed by atoms with Crippen LogP contribution in [-0.2, 0) is 22.6 Å². The maximum absolute atomic E-state index is 12.7. The number of ether oxygens (including phenoxy) is 1. The molecule has 29 heavy (non-hydrogen) atoms. The second-order valence-electron chi connectivity index (χ2n) is 8.77.